The Hall–Kier alpha value is -0.420. The zero-order valence-electron chi connectivity index (χ0n) is 15.4. The van der Waals surface area contributed by atoms with Gasteiger partial charge in [0.05, 0.1) is 18.3 Å². The predicted octanol–water partition coefficient (Wildman–Crippen LogP) is 3.83. The summed E-state index contributed by atoms with van der Waals surface area (Å²) in [7, 11) is 1.77. The standard InChI is InChI=1S/C19H37NO3/c1-5-7-11-17(22-12-8-6-2)18(21-4)14-15(3)19-16(20)10-9-13-23-19/h16-19H,3,5-14,20H2,1-2,4H3/t16-,17-,18-,19+/m1/s1. The molecule has 4 atom stereocenters. The van der Waals surface area contributed by atoms with Crippen LogP contribution in [-0.2, 0) is 14.2 Å². The highest BCUT2D eigenvalue weighted by Gasteiger charge is 2.29. The van der Waals surface area contributed by atoms with Gasteiger partial charge in [0.15, 0.2) is 0 Å². The van der Waals surface area contributed by atoms with Crippen LogP contribution in [0.4, 0.5) is 0 Å². The fourth-order valence-electron chi connectivity index (χ4n) is 3.13. The summed E-state index contributed by atoms with van der Waals surface area (Å²) in [5.74, 6) is 0. The van der Waals surface area contributed by atoms with Crippen LogP contribution in [0, 0.1) is 0 Å². The largest absolute Gasteiger partial charge is 0.378 e. The maximum absolute atomic E-state index is 6.19. The van der Waals surface area contributed by atoms with E-state index in [2.05, 4.69) is 20.4 Å². The molecule has 1 fully saturated rings. The van der Waals surface area contributed by atoms with Crippen molar-refractivity contribution in [2.24, 2.45) is 5.73 Å². The fourth-order valence-corrected chi connectivity index (χ4v) is 3.13. The SMILES string of the molecule is C=C(C[C@@H](OC)[C@@H](CCCC)OCCCC)[C@@H]1OCCC[C@H]1N. The smallest absolute Gasteiger partial charge is 0.0934 e. The molecule has 0 bridgehead atoms. The summed E-state index contributed by atoms with van der Waals surface area (Å²) in [6.45, 7) is 10.2. The Morgan fingerprint density at radius 2 is 2.00 bits per heavy atom. The Kier molecular flexibility index (Phi) is 10.8. The summed E-state index contributed by atoms with van der Waals surface area (Å²) in [6, 6.07) is 0.0591. The first-order chi connectivity index (χ1) is 11.1. The molecule has 23 heavy (non-hydrogen) atoms. The van der Waals surface area contributed by atoms with Crippen LogP contribution in [0.25, 0.3) is 0 Å². The Morgan fingerprint density at radius 1 is 1.26 bits per heavy atom. The maximum Gasteiger partial charge on any atom is 0.0934 e. The minimum Gasteiger partial charge on any atom is -0.378 e. The molecule has 136 valence electrons. The lowest BCUT2D eigenvalue weighted by Crippen LogP contribution is -2.43. The molecular weight excluding hydrogens is 290 g/mol. The molecule has 1 aliphatic heterocycles. The molecular formula is C19H37NO3. The molecule has 1 saturated heterocycles. The molecule has 0 aromatic heterocycles. The lowest BCUT2D eigenvalue weighted by molar-refractivity contribution is -0.0649. The zero-order chi connectivity index (χ0) is 17.1. The first-order valence-corrected chi connectivity index (χ1v) is 9.33. The number of hydrogen-bond acceptors (Lipinski definition) is 4. The second-order valence-electron chi connectivity index (χ2n) is 6.64. The van der Waals surface area contributed by atoms with Crippen LogP contribution in [0.5, 0.6) is 0 Å². The van der Waals surface area contributed by atoms with Crippen LogP contribution in [0.2, 0.25) is 0 Å². The number of nitrogens with two attached hydrogens (primary N) is 1. The number of rotatable bonds is 12. The summed E-state index contributed by atoms with van der Waals surface area (Å²) >= 11 is 0. The van der Waals surface area contributed by atoms with Crippen LogP contribution < -0.4 is 5.73 Å². The summed E-state index contributed by atoms with van der Waals surface area (Å²) in [6.07, 6.45) is 8.52. The molecule has 0 unspecified atom stereocenters. The highest BCUT2D eigenvalue weighted by Crippen LogP contribution is 2.25. The lowest BCUT2D eigenvalue weighted by Gasteiger charge is -2.33. The number of hydrogen-bond donors (Lipinski definition) is 1. The van der Waals surface area contributed by atoms with E-state index in [4.69, 9.17) is 19.9 Å². The van der Waals surface area contributed by atoms with Crippen molar-refractivity contribution in [1.82, 2.24) is 0 Å². The zero-order valence-corrected chi connectivity index (χ0v) is 15.4. The summed E-state index contributed by atoms with van der Waals surface area (Å²) in [5, 5.41) is 0. The van der Waals surface area contributed by atoms with Crippen molar-refractivity contribution in [3.8, 4) is 0 Å². The van der Waals surface area contributed by atoms with Gasteiger partial charge in [0.1, 0.15) is 0 Å². The number of unbranched alkanes of at least 4 members (excludes halogenated alkanes) is 2. The molecule has 0 spiro atoms. The van der Waals surface area contributed by atoms with Gasteiger partial charge in [-0.25, -0.2) is 0 Å². The second kappa shape index (κ2) is 12.0. The van der Waals surface area contributed by atoms with Crippen molar-refractivity contribution in [2.45, 2.75) is 89.6 Å². The third-order valence-corrected chi connectivity index (χ3v) is 4.62. The van der Waals surface area contributed by atoms with Crippen molar-refractivity contribution in [1.29, 1.82) is 0 Å². The van der Waals surface area contributed by atoms with Crippen LogP contribution in [-0.4, -0.2) is 44.7 Å². The molecule has 0 aliphatic carbocycles. The first kappa shape index (κ1) is 20.6. The molecule has 0 radical (unpaired) electrons. The molecule has 0 saturated carbocycles. The molecule has 0 amide bonds. The van der Waals surface area contributed by atoms with Gasteiger partial charge in [-0.05, 0) is 37.7 Å². The van der Waals surface area contributed by atoms with E-state index in [0.717, 1.165) is 63.7 Å². The maximum atomic E-state index is 6.19. The quantitative estimate of drug-likeness (QED) is 0.437. The van der Waals surface area contributed by atoms with Gasteiger partial charge in [-0.1, -0.05) is 39.7 Å². The van der Waals surface area contributed by atoms with Gasteiger partial charge in [-0.2, -0.15) is 0 Å². The van der Waals surface area contributed by atoms with Gasteiger partial charge in [-0.3, -0.25) is 0 Å². The highest BCUT2D eigenvalue weighted by molar-refractivity contribution is 5.09. The Morgan fingerprint density at radius 3 is 2.61 bits per heavy atom. The van der Waals surface area contributed by atoms with Crippen LogP contribution in [0.3, 0.4) is 0 Å². The van der Waals surface area contributed by atoms with Crippen molar-refractivity contribution in [2.75, 3.05) is 20.3 Å². The number of ether oxygens (including phenoxy) is 3. The van der Waals surface area contributed by atoms with Crippen LogP contribution >= 0.6 is 0 Å². The van der Waals surface area contributed by atoms with Gasteiger partial charge >= 0.3 is 0 Å². The van der Waals surface area contributed by atoms with Crippen LogP contribution in [0.15, 0.2) is 12.2 Å². The van der Waals surface area contributed by atoms with Gasteiger partial charge in [-0.15, -0.1) is 0 Å². The van der Waals surface area contributed by atoms with E-state index < -0.39 is 0 Å². The molecule has 0 aromatic rings. The minimum absolute atomic E-state index is 0.0311. The van der Waals surface area contributed by atoms with Gasteiger partial charge in [0.25, 0.3) is 0 Å². The van der Waals surface area contributed by atoms with E-state index >= 15 is 0 Å². The molecule has 2 N–H and O–H groups in total. The van der Waals surface area contributed by atoms with Gasteiger partial charge < -0.3 is 19.9 Å². The van der Waals surface area contributed by atoms with Crippen molar-refractivity contribution in [3.05, 3.63) is 12.2 Å². The van der Waals surface area contributed by atoms with E-state index in [0.29, 0.717) is 0 Å². The molecule has 4 nitrogen and oxygen atoms in total. The average Bonchev–Trinajstić information content (AvgIpc) is 2.56. The van der Waals surface area contributed by atoms with Gasteiger partial charge in [0.2, 0.25) is 0 Å². The Balaban J connectivity index is 2.59. The first-order valence-electron chi connectivity index (χ1n) is 9.33. The van der Waals surface area contributed by atoms with E-state index in [1.54, 1.807) is 7.11 Å². The van der Waals surface area contributed by atoms with E-state index in [9.17, 15) is 0 Å². The normalized spacial score (nSPS) is 24.3. The van der Waals surface area contributed by atoms with E-state index in [1.165, 1.54) is 6.42 Å². The number of methoxy groups -OCH3 is 1. The molecule has 0 aromatic carbocycles. The van der Waals surface area contributed by atoms with Gasteiger partial charge in [0, 0.05) is 26.4 Å². The van der Waals surface area contributed by atoms with E-state index in [-0.39, 0.29) is 24.4 Å². The third kappa shape index (κ3) is 7.34. The topological polar surface area (TPSA) is 53.7 Å². The van der Waals surface area contributed by atoms with Crippen LogP contribution in [0.1, 0.15) is 65.2 Å². The fraction of sp³-hybridized carbons (Fsp3) is 0.895. The highest BCUT2D eigenvalue weighted by atomic mass is 16.5. The molecule has 1 heterocycles. The summed E-state index contributed by atoms with van der Waals surface area (Å²) < 4.78 is 17.7. The lowest BCUT2D eigenvalue weighted by atomic mass is 9.92. The molecule has 4 heteroatoms. The predicted molar refractivity (Wildman–Crippen MR) is 95.7 cm³/mol. The van der Waals surface area contributed by atoms with Crippen molar-refractivity contribution < 1.29 is 14.2 Å². The molecule has 1 aliphatic rings. The summed E-state index contributed by atoms with van der Waals surface area (Å²) in [4.78, 5) is 0. The average molecular weight is 328 g/mol. The van der Waals surface area contributed by atoms with Crippen molar-refractivity contribution >= 4 is 0 Å². The van der Waals surface area contributed by atoms with Crippen molar-refractivity contribution in [3.63, 3.8) is 0 Å². The second-order valence-corrected chi connectivity index (χ2v) is 6.64. The molecule has 1 rings (SSSR count). The third-order valence-electron chi connectivity index (χ3n) is 4.62. The Labute approximate surface area is 142 Å². The monoisotopic (exact) mass is 327 g/mol. The summed E-state index contributed by atoms with van der Waals surface area (Å²) in [5.41, 5.74) is 7.24. The Bertz CT molecular complexity index is 322. The minimum atomic E-state index is -0.0381. The van der Waals surface area contributed by atoms with E-state index in [1.807, 2.05) is 0 Å².